The van der Waals surface area contributed by atoms with E-state index < -0.39 is 18.0 Å². The molecule has 0 heterocycles. The highest BCUT2D eigenvalue weighted by Crippen LogP contribution is 2.10. The summed E-state index contributed by atoms with van der Waals surface area (Å²) in [5.41, 5.74) is -0.186. The second kappa shape index (κ2) is 5.95. The molecule has 0 amide bonds. The lowest BCUT2D eigenvalue weighted by Crippen LogP contribution is -2.24. The van der Waals surface area contributed by atoms with Gasteiger partial charge in [0.15, 0.2) is 0 Å². The maximum absolute atomic E-state index is 11.1. The second-order valence-corrected chi connectivity index (χ2v) is 3.10. The number of hydrogen-bond acceptors (Lipinski definition) is 4. The Labute approximate surface area is 87.7 Å². The van der Waals surface area contributed by atoms with E-state index in [4.69, 9.17) is 9.84 Å². The summed E-state index contributed by atoms with van der Waals surface area (Å²) < 4.78 is 4.79. The van der Waals surface area contributed by atoms with Gasteiger partial charge in [0.1, 0.15) is 18.3 Å². The molecule has 5 heteroatoms. The maximum atomic E-state index is 11.1. The SMILES string of the molecule is C=C(C(=O)O)C(CC)OC(=O)CC(C)=O. The summed E-state index contributed by atoms with van der Waals surface area (Å²) in [7, 11) is 0. The van der Waals surface area contributed by atoms with E-state index in [1.54, 1.807) is 6.92 Å². The Bertz CT molecular complexity index is 292. The second-order valence-electron chi connectivity index (χ2n) is 3.10. The molecule has 0 saturated heterocycles. The molecule has 0 aromatic rings. The van der Waals surface area contributed by atoms with Gasteiger partial charge < -0.3 is 9.84 Å². The number of carbonyl (C=O) groups excluding carboxylic acids is 2. The Hall–Kier alpha value is -1.65. The van der Waals surface area contributed by atoms with Crippen molar-refractivity contribution in [1.82, 2.24) is 0 Å². The van der Waals surface area contributed by atoms with Crippen LogP contribution in [0.15, 0.2) is 12.2 Å². The molecule has 0 aliphatic carbocycles. The number of carbonyl (C=O) groups is 3. The van der Waals surface area contributed by atoms with Gasteiger partial charge in [0.2, 0.25) is 0 Å². The number of carboxylic acids is 1. The van der Waals surface area contributed by atoms with Gasteiger partial charge in [-0.05, 0) is 13.3 Å². The zero-order valence-electron chi connectivity index (χ0n) is 8.78. The van der Waals surface area contributed by atoms with Crippen molar-refractivity contribution >= 4 is 17.7 Å². The molecule has 1 atom stereocenters. The van der Waals surface area contributed by atoms with Crippen molar-refractivity contribution in [3.05, 3.63) is 12.2 Å². The normalized spacial score (nSPS) is 11.6. The van der Waals surface area contributed by atoms with Crippen LogP contribution in [0.4, 0.5) is 0 Å². The number of ketones is 1. The highest BCUT2D eigenvalue weighted by Gasteiger charge is 2.21. The number of carboxylic acid groups (broad SMARTS) is 1. The van der Waals surface area contributed by atoms with Crippen molar-refractivity contribution in [3.8, 4) is 0 Å². The minimum atomic E-state index is -1.21. The van der Waals surface area contributed by atoms with Crippen molar-refractivity contribution in [2.24, 2.45) is 0 Å². The number of aliphatic carboxylic acids is 1. The maximum Gasteiger partial charge on any atom is 0.334 e. The molecule has 0 spiro atoms. The van der Waals surface area contributed by atoms with Crippen molar-refractivity contribution in [1.29, 1.82) is 0 Å². The first-order valence-electron chi connectivity index (χ1n) is 4.49. The third-order valence-corrected chi connectivity index (χ3v) is 1.70. The van der Waals surface area contributed by atoms with Crippen molar-refractivity contribution < 1.29 is 24.2 Å². The third-order valence-electron chi connectivity index (χ3n) is 1.70. The van der Waals surface area contributed by atoms with Crippen LogP contribution in [0.5, 0.6) is 0 Å². The number of ether oxygens (including phenoxy) is 1. The summed E-state index contributed by atoms with van der Waals surface area (Å²) in [6.07, 6.45) is -0.896. The molecule has 0 aromatic heterocycles. The van der Waals surface area contributed by atoms with Gasteiger partial charge in [-0.2, -0.15) is 0 Å². The van der Waals surface area contributed by atoms with Gasteiger partial charge in [-0.15, -0.1) is 0 Å². The van der Waals surface area contributed by atoms with E-state index >= 15 is 0 Å². The van der Waals surface area contributed by atoms with E-state index in [-0.39, 0.29) is 17.8 Å². The first-order valence-corrected chi connectivity index (χ1v) is 4.49. The van der Waals surface area contributed by atoms with Crippen LogP contribution < -0.4 is 0 Å². The van der Waals surface area contributed by atoms with Crippen LogP contribution in [0, 0.1) is 0 Å². The van der Waals surface area contributed by atoms with E-state index in [1.807, 2.05) is 0 Å². The summed E-state index contributed by atoms with van der Waals surface area (Å²) in [5, 5.41) is 8.62. The molecule has 0 bridgehead atoms. The van der Waals surface area contributed by atoms with Crippen LogP contribution in [0.25, 0.3) is 0 Å². The lowest BCUT2D eigenvalue weighted by atomic mass is 10.1. The topological polar surface area (TPSA) is 80.7 Å². The van der Waals surface area contributed by atoms with E-state index in [9.17, 15) is 14.4 Å². The van der Waals surface area contributed by atoms with Crippen molar-refractivity contribution in [2.75, 3.05) is 0 Å². The number of rotatable bonds is 6. The highest BCUT2D eigenvalue weighted by molar-refractivity contribution is 5.94. The first-order chi connectivity index (χ1) is 6.88. The Kier molecular flexibility index (Phi) is 5.30. The summed E-state index contributed by atoms with van der Waals surface area (Å²) in [6.45, 7) is 6.22. The van der Waals surface area contributed by atoms with Gasteiger partial charge in [0, 0.05) is 0 Å². The molecule has 5 nitrogen and oxygen atoms in total. The average molecular weight is 214 g/mol. The van der Waals surface area contributed by atoms with Crippen LogP contribution >= 0.6 is 0 Å². The molecule has 0 aliphatic heterocycles. The molecule has 0 radical (unpaired) electrons. The molecule has 15 heavy (non-hydrogen) atoms. The van der Waals surface area contributed by atoms with Gasteiger partial charge in [-0.25, -0.2) is 4.79 Å². The minimum absolute atomic E-state index is 0.186. The Morgan fingerprint density at radius 2 is 1.93 bits per heavy atom. The lowest BCUT2D eigenvalue weighted by Gasteiger charge is -2.15. The van der Waals surface area contributed by atoms with E-state index in [0.717, 1.165) is 0 Å². The lowest BCUT2D eigenvalue weighted by molar-refractivity contribution is -0.150. The van der Waals surface area contributed by atoms with E-state index in [2.05, 4.69) is 6.58 Å². The number of Topliss-reactive ketones (excluding diaryl/α,β-unsaturated/α-hetero) is 1. The summed E-state index contributed by atoms with van der Waals surface area (Å²) in [6, 6.07) is 0. The van der Waals surface area contributed by atoms with Gasteiger partial charge in [0.05, 0.1) is 5.57 Å². The first kappa shape index (κ1) is 13.4. The van der Waals surface area contributed by atoms with Gasteiger partial charge in [-0.3, -0.25) is 9.59 Å². The molecule has 0 rings (SSSR count). The smallest absolute Gasteiger partial charge is 0.334 e. The quantitative estimate of drug-likeness (QED) is 0.404. The monoisotopic (exact) mass is 214 g/mol. The summed E-state index contributed by atoms with van der Waals surface area (Å²) >= 11 is 0. The Morgan fingerprint density at radius 1 is 1.40 bits per heavy atom. The zero-order valence-corrected chi connectivity index (χ0v) is 8.78. The van der Waals surface area contributed by atoms with Crippen molar-refractivity contribution in [2.45, 2.75) is 32.8 Å². The Morgan fingerprint density at radius 3 is 2.27 bits per heavy atom. The molecular formula is C10H14O5. The fraction of sp³-hybridized carbons (Fsp3) is 0.500. The molecule has 0 aliphatic rings. The van der Waals surface area contributed by atoms with Crippen LogP contribution in [0.2, 0.25) is 0 Å². The Balaban J connectivity index is 4.33. The highest BCUT2D eigenvalue weighted by atomic mass is 16.5. The van der Waals surface area contributed by atoms with Crippen LogP contribution in [-0.2, 0) is 19.1 Å². The summed E-state index contributed by atoms with van der Waals surface area (Å²) in [5.74, 6) is -2.26. The van der Waals surface area contributed by atoms with Gasteiger partial charge >= 0.3 is 11.9 Å². The molecule has 0 aromatic carbocycles. The molecular weight excluding hydrogens is 200 g/mol. The largest absolute Gasteiger partial charge is 0.478 e. The average Bonchev–Trinajstić information content (AvgIpc) is 2.11. The standard InChI is InChI=1S/C10H14O5/c1-4-8(7(3)10(13)14)15-9(12)5-6(2)11/h8H,3-5H2,1-2H3,(H,13,14). The molecule has 1 unspecified atom stereocenters. The molecule has 0 saturated carbocycles. The van der Waals surface area contributed by atoms with Crippen LogP contribution in [0.3, 0.4) is 0 Å². The third kappa shape index (κ3) is 4.95. The van der Waals surface area contributed by atoms with Crippen LogP contribution in [-0.4, -0.2) is 28.9 Å². The number of esters is 1. The number of hydrogen-bond donors (Lipinski definition) is 1. The molecule has 0 fully saturated rings. The van der Waals surface area contributed by atoms with Crippen LogP contribution in [0.1, 0.15) is 26.7 Å². The summed E-state index contributed by atoms with van der Waals surface area (Å²) in [4.78, 5) is 32.2. The predicted octanol–water partition coefficient (Wildman–Crippen LogP) is 0.928. The fourth-order valence-electron chi connectivity index (χ4n) is 0.942. The zero-order chi connectivity index (χ0) is 12.0. The van der Waals surface area contributed by atoms with E-state index in [1.165, 1.54) is 6.92 Å². The molecule has 84 valence electrons. The fourth-order valence-corrected chi connectivity index (χ4v) is 0.942. The van der Waals surface area contributed by atoms with Crippen molar-refractivity contribution in [3.63, 3.8) is 0 Å². The molecule has 1 N–H and O–H groups in total. The van der Waals surface area contributed by atoms with E-state index in [0.29, 0.717) is 6.42 Å². The van der Waals surface area contributed by atoms with Gasteiger partial charge in [-0.1, -0.05) is 13.5 Å². The minimum Gasteiger partial charge on any atom is -0.478 e. The van der Waals surface area contributed by atoms with Gasteiger partial charge in [0.25, 0.3) is 0 Å². The predicted molar refractivity (Wildman–Crippen MR) is 52.2 cm³/mol.